The maximum absolute atomic E-state index is 13.0. The Balaban J connectivity index is 1.15. The van der Waals surface area contributed by atoms with Crippen LogP contribution in [0.2, 0.25) is 0 Å². The Morgan fingerprint density at radius 2 is 1.74 bits per heavy atom. The lowest BCUT2D eigenvalue weighted by Crippen LogP contribution is -2.61. The Morgan fingerprint density at radius 1 is 1.02 bits per heavy atom. The number of benzene rings is 2. The van der Waals surface area contributed by atoms with Gasteiger partial charge in [-0.1, -0.05) is 29.8 Å². The number of aliphatic carboxylic acids is 1. The fourth-order valence-corrected chi connectivity index (χ4v) is 8.52. The number of fused-ring (bicyclic) bond motifs is 1. The van der Waals surface area contributed by atoms with Crippen molar-refractivity contribution in [2.24, 2.45) is 11.8 Å². The number of amides is 1. The number of carbonyl (C=O) groups excluding carboxylic acids is 1. The van der Waals surface area contributed by atoms with E-state index in [1.54, 1.807) is 19.2 Å². The number of piperazine rings is 1. The average molecular weight is 670 g/mol. The zero-order valence-electron chi connectivity index (χ0n) is 27.7. The quantitative estimate of drug-likeness (QED) is 0.239. The minimum Gasteiger partial charge on any atom is -0.497 e. The van der Waals surface area contributed by atoms with Crippen molar-refractivity contribution in [1.82, 2.24) is 25.2 Å². The summed E-state index contributed by atoms with van der Waals surface area (Å²) in [5.74, 6) is 0.224. The molecule has 4 atom stereocenters. The summed E-state index contributed by atoms with van der Waals surface area (Å²) in [6.07, 6.45) is 6.78. The van der Waals surface area contributed by atoms with Crippen LogP contribution in [0.1, 0.15) is 49.7 Å². The van der Waals surface area contributed by atoms with Gasteiger partial charge in [0.25, 0.3) is 0 Å². The van der Waals surface area contributed by atoms with Crippen LogP contribution in [0.25, 0.3) is 0 Å². The maximum Gasteiger partial charge on any atom is 0.323 e. The van der Waals surface area contributed by atoms with Crippen molar-refractivity contribution in [2.75, 3.05) is 52.9 Å². The predicted octanol–water partition coefficient (Wildman–Crippen LogP) is 2.64. The van der Waals surface area contributed by atoms with E-state index in [1.807, 2.05) is 19.1 Å². The number of ether oxygens (including phenoxy) is 1. The molecule has 0 spiro atoms. The molecule has 0 bridgehead atoms. The zero-order chi connectivity index (χ0) is 33.4. The van der Waals surface area contributed by atoms with Gasteiger partial charge in [0, 0.05) is 38.1 Å². The van der Waals surface area contributed by atoms with Gasteiger partial charge in [-0.05, 0) is 113 Å². The van der Waals surface area contributed by atoms with Crippen molar-refractivity contribution < 1.29 is 27.9 Å². The second-order valence-electron chi connectivity index (χ2n) is 13.6. The van der Waals surface area contributed by atoms with E-state index in [1.165, 1.54) is 37.0 Å². The molecule has 11 nitrogen and oxygen atoms in total. The van der Waals surface area contributed by atoms with Crippen molar-refractivity contribution in [3.63, 3.8) is 0 Å². The molecule has 1 amide bonds. The molecule has 0 saturated carbocycles. The fraction of sp³-hybridized carbons (Fsp3) is 0.600. The number of nitrogens with one attached hydrogen (secondary N) is 3. The van der Waals surface area contributed by atoms with Crippen LogP contribution in [0.4, 0.5) is 0 Å². The van der Waals surface area contributed by atoms with Crippen LogP contribution < -0.4 is 20.1 Å². The Morgan fingerprint density at radius 3 is 2.43 bits per heavy atom. The van der Waals surface area contributed by atoms with Crippen molar-refractivity contribution in [2.45, 2.75) is 74.9 Å². The molecule has 3 saturated heterocycles. The smallest absolute Gasteiger partial charge is 0.323 e. The third kappa shape index (κ3) is 9.99. The van der Waals surface area contributed by atoms with Gasteiger partial charge in [0.05, 0.1) is 12.0 Å². The first-order chi connectivity index (χ1) is 22.6. The zero-order valence-corrected chi connectivity index (χ0v) is 28.5. The molecule has 258 valence electrons. The molecule has 3 fully saturated rings. The molecule has 0 aromatic heterocycles. The van der Waals surface area contributed by atoms with Crippen LogP contribution in [-0.2, 0) is 26.0 Å². The van der Waals surface area contributed by atoms with Gasteiger partial charge < -0.3 is 20.5 Å². The van der Waals surface area contributed by atoms with Crippen LogP contribution >= 0.6 is 0 Å². The maximum atomic E-state index is 13.0. The molecule has 5 rings (SSSR count). The van der Waals surface area contributed by atoms with Gasteiger partial charge in [-0.3, -0.25) is 19.4 Å². The second kappa shape index (κ2) is 16.4. The summed E-state index contributed by atoms with van der Waals surface area (Å²) in [4.78, 5) is 30.1. The summed E-state index contributed by atoms with van der Waals surface area (Å²) in [5, 5.41) is 15.9. The van der Waals surface area contributed by atoms with Crippen molar-refractivity contribution in [1.29, 1.82) is 0 Å². The number of rotatable bonds is 14. The van der Waals surface area contributed by atoms with Gasteiger partial charge in [-0.15, -0.1) is 0 Å². The molecule has 2 aromatic rings. The first-order valence-electron chi connectivity index (χ1n) is 17.0. The number of nitrogens with zero attached hydrogens (tertiary/aromatic N) is 2. The third-order valence-corrected chi connectivity index (χ3v) is 11.7. The Kier molecular flexibility index (Phi) is 12.3. The number of aryl methyl sites for hydroxylation is 1. The van der Waals surface area contributed by atoms with E-state index in [-0.39, 0.29) is 23.3 Å². The van der Waals surface area contributed by atoms with E-state index in [0.29, 0.717) is 18.5 Å². The number of carboxylic acids is 1. The monoisotopic (exact) mass is 669 g/mol. The van der Waals surface area contributed by atoms with E-state index in [0.717, 1.165) is 75.8 Å². The molecule has 3 heterocycles. The molecular weight excluding hydrogens is 618 g/mol. The summed E-state index contributed by atoms with van der Waals surface area (Å²) in [6.45, 7) is 7.71. The number of piperidine rings is 2. The Bertz CT molecular complexity index is 1430. The minimum atomic E-state index is -4.06. The van der Waals surface area contributed by atoms with Gasteiger partial charge >= 0.3 is 5.97 Å². The van der Waals surface area contributed by atoms with Crippen molar-refractivity contribution in [3.05, 3.63) is 59.7 Å². The van der Waals surface area contributed by atoms with Crippen molar-refractivity contribution in [3.8, 4) is 5.75 Å². The molecule has 3 aliphatic rings. The average Bonchev–Trinajstić information content (AvgIpc) is 3.06. The number of carboxylic acid groups (broad SMARTS) is 1. The van der Waals surface area contributed by atoms with E-state index >= 15 is 0 Å². The number of methoxy groups -OCH3 is 1. The highest BCUT2D eigenvalue weighted by Gasteiger charge is 2.38. The molecule has 4 N–H and O–H groups in total. The highest BCUT2D eigenvalue weighted by molar-refractivity contribution is 7.89. The minimum absolute atomic E-state index is 0.0176. The van der Waals surface area contributed by atoms with Gasteiger partial charge in [0.1, 0.15) is 11.8 Å². The standard InChI is InChI=1S/C35H51N5O6S/c1-25-3-9-32(10-4-25)47(44,45)38-33(35(42)43)22-37-34(41)21-28-14-18-40-23-29(19-27-5-7-31(46-2)8-6-27)39(24-30(40)20-28)17-13-26-11-15-36-16-12-26/h3-10,26,28-30,33,36,38H,11-24H2,1-2H3,(H,37,41)(H,42,43)/t28?,29-,30+,33-/m0/s1. The predicted molar refractivity (Wildman–Crippen MR) is 181 cm³/mol. The van der Waals surface area contributed by atoms with E-state index in [9.17, 15) is 23.1 Å². The van der Waals surface area contributed by atoms with Crippen molar-refractivity contribution >= 4 is 21.9 Å². The second-order valence-corrected chi connectivity index (χ2v) is 15.3. The van der Waals surface area contributed by atoms with Crippen LogP contribution in [0.3, 0.4) is 0 Å². The summed E-state index contributed by atoms with van der Waals surface area (Å²) >= 11 is 0. The molecule has 12 heteroatoms. The van der Waals surface area contributed by atoms with Gasteiger partial charge in [0.2, 0.25) is 15.9 Å². The summed E-state index contributed by atoms with van der Waals surface area (Å²) in [6, 6.07) is 13.9. The van der Waals surface area contributed by atoms with Gasteiger partial charge in [-0.25, -0.2) is 8.42 Å². The number of sulfonamides is 1. The van der Waals surface area contributed by atoms with E-state index in [2.05, 4.69) is 37.3 Å². The molecule has 2 aromatic carbocycles. The van der Waals surface area contributed by atoms with Crippen LogP contribution in [-0.4, -0.2) is 106 Å². The molecule has 0 aliphatic carbocycles. The fourth-order valence-electron chi connectivity index (χ4n) is 7.33. The Hall–Kier alpha value is -3.03. The molecule has 1 unspecified atom stereocenters. The third-order valence-electron chi connectivity index (χ3n) is 10.2. The summed E-state index contributed by atoms with van der Waals surface area (Å²) in [7, 11) is -2.37. The first kappa shape index (κ1) is 35.3. The normalized spacial score (nSPS) is 23.5. The molecular formula is C35H51N5O6S. The van der Waals surface area contributed by atoms with Crippen LogP contribution in [0.15, 0.2) is 53.4 Å². The lowest BCUT2D eigenvalue weighted by molar-refractivity contribution is -0.138. The molecule has 0 radical (unpaired) electrons. The van der Waals surface area contributed by atoms with Crippen LogP contribution in [0, 0.1) is 18.8 Å². The lowest BCUT2D eigenvalue weighted by atomic mass is 9.85. The highest BCUT2D eigenvalue weighted by atomic mass is 32.2. The largest absolute Gasteiger partial charge is 0.497 e. The van der Waals surface area contributed by atoms with E-state index < -0.39 is 22.0 Å². The lowest BCUT2D eigenvalue weighted by Gasteiger charge is -2.50. The number of hydrogen-bond acceptors (Lipinski definition) is 8. The Labute approximate surface area is 279 Å². The topological polar surface area (TPSA) is 140 Å². The number of carbonyl (C=O) groups is 2. The SMILES string of the molecule is COc1ccc(C[C@H]2CN3CCC(CC(=O)NC[C@H](NS(=O)(=O)c4ccc(C)cc4)C(=O)O)C[C@@H]3CN2CCC2CCNCC2)cc1. The summed E-state index contributed by atoms with van der Waals surface area (Å²) in [5.41, 5.74) is 2.21. The number of hydrogen-bond donors (Lipinski definition) is 4. The highest BCUT2D eigenvalue weighted by Crippen LogP contribution is 2.31. The van der Waals surface area contributed by atoms with Gasteiger partial charge in [-0.2, -0.15) is 4.72 Å². The molecule has 3 aliphatic heterocycles. The van der Waals surface area contributed by atoms with Crippen LogP contribution in [0.5, 0.6) is 5.75 Å². The first-order valence-corrected chi connectivity index (χ1v) is 18.5. The molecule has 47 heavy (non-hydrogen) atoms. The van der Waals surface area contributed by atoms with E-state index in [4.69, 9.17) is 4.74 Å². The van der Waals surface area contributed by atoms with Gasteiger partial charge in [0.15, 0.2) is 0 Å². The summed E-state index contributed by atoms with van der Waals surface area (Å²) < 4.78 is 33.1.